The van der Waals surface area contributed by atoms with E-state index in [-0.39, 0.29) is 12.5 Å². The molecule has 0 aliphatic heterocycles. The van der Waals surface area contributed by atoms with Gasteiger partial charge < -0.3 is 15.0 Å². The first kappa shape index (κ1) is 13.5. The van der Waals surface area contributed by atoms with Crippen LogP contribution in [0.4, 0.5) is 0 Å². The molecule has 19 heavy (non-hydrogen) atoms. The van der Waals surface area contributed by atoms with Crippen LogP contribution >= 0.6 is 0 Å². The minimum absolute atomic E-state index is 0.0635. The second-order valence-corrected chi connectivity index (χ2v) is 4.29. The molecule has 0 atom stereocenters. The number of ether oxygens (including phenoxy) is 1. The summed E-state index contributed by atoms with van der Waals surface area (Å²) in [4.78, 5) is 19.1. The third-order valence-corrected chi connectivity index (χ3v) is 2.79. The van der Waals surface area contributed by atoms with Crippen LogP contribution in [0.1, 0.15) is 19.2 Å². The number of benzene rings is 1. The summed E-state index contributed by atoms with van der Waals surface area (Å²) in [6, 6.07) is 7.95. The number of H-pyrrole nitrogens is 1. The molecule has 2 rings (SSSR count). The molecule has 0 bridgehead atoms. The summed E-state index contributed by atoms with van der Waals surface area (Å²) in [6.45, 7) is 3.21. The minimum atomic E-state index is -0.0635. The summed E-state index contributed by atoms with van der Waals surface area (Å²) in [5.41, 5.74) is 2.04. The number of aromatic amines is 1. The van der Waals surface area contributed by atoms with Gasteiger partial charge in [-0.3, -0.25) is 4.79 Å². The molecular weight excluding hydrogens is 242 g/mol. The Morgan fingerprint density at radius 1 is 1.42 bits per heavy atom. The van der Waals surface area contributed by atoms with Gasteiger partial charge in [-0.25, -0.2) is 4.98 Å². The molecule has 0 saturated carbocycles. The SMILES string of the molecule is CCOCC(=O)NCCCc1nc2ccccc2[nH]1. The third kappa shape index (κ3) is 4.06. The molecule has 0 aliphatic rings. The number of carbonyl (C=O) groups is 1. The van der Waals surface area contributed by atoms with Crippen LogP contribution in [-0.2, 0) is 16.0 Å². The van der Waals surface area contributed by atoms with Crippen LogP contribution in [0, 0.1) is 0 Å². The number of carbonyl (C=O) groups excluding carboxylic acids is 1. The van der Waals surface area contributed by atoms with E-state index in [2.05, 4.69) is 15.3 Å². The third-order valence-electron chi connectivity index (χ3n) is 2.79. The fourth-order valence-electron chi connectivity index (χ4n) is 1.85. The number of aryl methyl sites for hydroxylation is 1. The van der Waals surface area contributed by atoms with Gasteiger partial charge >= 0.3 is 0 Å². The van der Waals surface area contributed by atoms with Crippen LogP contribution in [0.3, 0.4) is 0 Å². The minimum Gasteiger partial charge on any atom is -0.372 e. The molecule has 1 aromatic carbocycles. The van der Waals surface area contributed by atoms with Crippen LogP contribution in [0.15, 0.2) is 24.3 Å². The number of imidazole rings is 1. The van der Waals surface area contributed by atoms with Gasteiger partial charge in [0.05, 0.1) is 11.0 Å². The fourth-order valence-corrected chi connectivity index (χ4v) is 1.85. The molecule has 1 heterocycles. The van der Waals surface area contributed by atoms with Crippen molar-refractivity contribution in [3.05, 3.63) is 30.1 Å². The van der Waals surface area contributed by atoms with Crippen molar-refractivity contribution in [2.45, 2.75) is 19.8 Å². The molecule has 1 aromatic heterocycles. The number of fused-ring (bicyclic) bond motifs is 1. The van der Waals surface area contributed by atoms with E-state index in [4.69, 9.17) is 4.74 Å². The van der Waals surface area contributed by atoms with Crippen molar-refractivity contribution in [2.24, 2.45) is 0 Å². The van der Waals surface area contributed by atoms with E-state index in [1.54, 1.807) is 0 Å². The zero-order valence-electron chi connectivity index (χ0n) is 11.1. The van der Waals surface area contributed by atoms with E-state index in [9.17, 15) is 4.79 Å². The lowest BCUT2D eigenvalue weighted by atomic mass is 10.3. The zero-order valence-corrected chi connectivity index (χ0v) is 11.1. The van der Waals surface area contributed by atoms with Gasteiger partial charge in [0, 0.05) is 19.6 Å². The van der Waals surface area contributed by atoms with E-state index in [1.165, 1.54) is 0 Å². The molecule has 0 saturated heterocycles. The largest absolute Gasteiger partial charge is 0.372 e. The molecular formula is C14H19N3O2. The first-order valence-electron chi connectivity index (χ1n) is 6.57. The van der Waals surface area contributed by atoms with Crippen LogP contribution in [0.25, 0.3) is 11.0 Å². The van der Waals surface area contributed by atoms with Crippen molar-refractivity contribution in [1.82, 2.24) is 15.3 Å². The van der Waals surface area contributed by atoms with Crippen LogP contribution in [0.2, 0.25) is 0 Å². The number of hydrogen-bond donors (Lipinski definition) is 2. The highest BCUT2D eigenvalue weighted by molar-refractivity contribution is 5.77. The summed E-state index contributed by atoms with van der Waals surface area (Å²) in [7, 11) is 0. The van der Waals surface area contributed by atoms with E-state index in [0.29, 0.717) is 13.2 Å². The number of amides is 1. The van der Waals surface area contributed by atoms with Gasteiger partial charge in [-0.05, 0) is 25.5 Å². The fraction of sp³-hybridized carbons (Fsp3) is 0.429. The highest BCUT2D eigenvalue weighted by Gasteiger charge is 2.03. The van der Waals surface area contributed by atoms with Gasteiger partial charge in [-0.1, -0.05) is 12.1 Å². The number of nitrogens with one attached hydrogen (secondary N) is 2. The molecule has 0 aliphatic carbocycles. The predicted octanol–water partition coefficient (Wildman–Crippen LogP) is 1.65. The molecule has 0 fully saturated rings. The Bertz CT molecular complexity index is 503. The Morgan fingerprint density at radius 3 is 3.05 bits per heavy atom. The first-order chi connectivity index (χ1) is 9.29. The average Bonchev–Trinajstić information content (AvgIpc) is 2.84. The van der Waals surface area contributed by atoms with E-state index >= 15 is 0 Å². The average molecular weight is 261 g/mol. The summed E-state index contributed by atoms with van der Waals surface area (Å²) >= 11 is 0. The van der Waals surface area contributed by atoms with Crippen molar-refractivity contribution < 1.29 is 9.53 Å². The molecule has 0 unspecified atom stereocenters. The van der Waals surface area contributed by atoms with Crippen LogP contribution in [0.5, 0.6) is 0 Å². The van der Waals surface area contributed by atoms with Gasteiger partial charge in [-0.2, -0.15) is 0 Å². The van der Waals surface area contributed by atoms with Crippen molar-refractivity contribution >= 4 is 16.9 Å². The highest BCUT2D eigenvalue weighted by Crippen LogP contribution is 2.10. The number of hydrogen-bond acceptors (Lipinski definition) is 3. The smallest absolute Gasteiger partial charge is 0.245 e. The molecule has 5 heteroatoms. The van der Waals surface area contributed by atoms with Gasteiger partial charge in [0.15, 0.2) is 0 Å². The Hall–Kier alpha value is -1.88. The highest BCUT2D eigenvalue weighted by atomic mass is 16.5. The molecule has 0 radical (unpaired) electrons. The maximum atomic E-state index is 11.3. The summed E-state index contributed by atoms with van der Waals surface area (Å²) in [6.07, 6.45) is 1.68. The molecule has 1 amide bonds. The molecule has 5 nitrogen and oxygen atoms in total. The monoisotopic (exact) mass is 261 g/mol. The van der Waals surface area contributed by atoms with Crippen molar-refractivity contribution in [1.29, 1.82) is 0 Å². The lowest BCUT2D eigenvalue weighted by molar-refractivity contribution is -0.125. The number of aromatic nitrogens is 2. The zero-order chi connectivity index (χ0) is 13.5. The summed E-state index contributed by atoms with van der Waals surface area (Å²) in [5.74, 6) is 0.895. The van der Waals surface area contributed by atoms with Crippen molar-refractivity contribution in [2.75, 3.05) is 19.8 Å². The lowest BCUT2D eigenvalue weighted by Gasteiger charge is -2.04. The molecule has 2 N–H and O–H groups in total. The number of para-hydroxylation sites is 2. The standard InChI is InChI=1S/C14H19N3O2/c1-2-19-10-14(18)15-9-5-8-13-16-11-6-3-4-7-12(11)17-13/h3-4,6-7H,2,5,8-10H2,1H3,(H,15,18)(H,16,17). The Morgan fingerprint density at radius 2 is 2.26 bits per heavy atom. The van der Waals surface area contributed by atoms with Gasteiger partial charge in [0.25, 0.3) is 0 Å². The maximum Gasteiger partial charge on any atom is 0.245 e. The van der Waals surface area contributed by atoms with Crippen LogP contribution < -0.4 is 5.32 Å². The van der Waals surface area contributed by atoms with Crippen LogP contribution in [-0.4, -0.2) is 35.6 Å². The predicted molar refractivity (Wildman–Crippen MR) is 73.9 cm³/mol. The first-order valence-corrected chi connectivity index (χ1v) is 6.57. The van der Waals surface area contributed by atoms with E-state index in [1.807, 2.05) is 31.2 Å². The van der Waals surface area contributed by atoms with E-state index in [0.717, 1.165) is 29.7 Å². The topological polar surface area (TPSA) is 67.0 Å². The Kier molecular flexibility index (Phi) is 4.92. The van der Waals surface area contributed by atoms with Gasteiger partial charge in [0.2, 0.25) is 5.91 Å². The maximum absolute atomic E-state index is 11.3. The molecule has 0 spiro atoms. The Balaban J connectivity index is 1.72. The van der Waals surface area contributed by atoms with Crippen molar-refractivity contribution in [3.8, 4) is 0 Å². The number of nitrogens with zero attached hydrogens (tertiary/aromatic N) is 1. The summed E-state index contributed by atoms with van der Waals surface area (Å²) < 4.78 is 5.02. The second-order valence-electron chi connectivity index (χ2n) is 4.29. The van der Waals surface area contributed by atoms with Gasteiger partial charge in [-0.15, -0.1) is 0 Å². The quantitative estimate of drug-likeness (QED) is 0.745. The van der Waals surface area contributed by atoms with E-state index < -0.39 is 0 Å². The lowest BCUT2D eigenvalue weighted by Crippen LogP contribution is -2.28. The molecule has 2 aromatic rings. The van der Waals surface area contributed by atoms with Crippen molar-refractivity contribution in [3.63, 3.8) is 0 Å². The summed E-state index contributed by atoms with van der Waals surface area (Å²) in [5, 5.41) is 2.82. The molecule has 102 valence electrons. The Labute approximate surface area is 112 Å². The number of rotatable bonds is 7. The normalized spacial score (nSPS) is 10.8. The van der Waals surface area contributed by atoms with Gasteiger partial charge in [0.1, 0.15) is 12.4 Å². The second kappa shape index (κ2) is 6.89.